The molecule has 0 saturated carbocycles. The number of benzene rings is 3. The van der Waals surface area contributed by atoms with Crippen molar-refractivity contribution in [2.45, 2.75) is 71.5 Å². The van der Waals surface area contributed by atoms with Crippen LogP contribution in [0.25, 0.3) is 0 Å². The molecule has 0 aromatic heterocycles. The molecule has 3 rings (SSSR count). The summed E-state index contributed by atoms with van der Waals surface area (Å²) in [4.78, 5) is 55.5. The van der Waals surface area contributed by atoms with Crippen LogP contribution in [0.15, 0.2) is 72.8 Å². The van der Waals surface area contributed by atoms with Crippen molar-refractivity contribution in [2.24, 2.45) is 11.8 Å². The second-order valence-electron chi connectivity index (χ2n) is 15.0. The van der Waals surface area contributed by atoms with E-state index < -0.39 is 48.1 Å². The number of urea groups is 2. The van der Waals surface area contributed by atoms with Crippen LogP contribution in [0.5, 0.6) is 17.2 Å². The lowest BCUT2D eigenvalue weighted by atomic mass is 9.98. The van der Waals surface area contributed by atoms with E-state index in [1.54, 1.807) is 47.4 Å². The third-order valence-electron chi connectivity index (χ3n) is 9.19. The van der Waals surface area contributed by atoms with Gasteiger partial charge in [0.25, 0.3) is 5.91 Å². The molecule has 0 unspecified atom stereocenters. The number of hydrogen-bond acceptors (Lipinski definition) is 9. The van der Waals surface area contributed by atoms with E-state index in [9.17, 15) is 24.3 Å². The third kappa shape index (κ3) is 14.5. The number of methoxy groups -OCH3 is 2. The smallest absolute Gasteiger partial charge is 0.317 e. The molecule has 57 heavy (non-hydrogen) atoms. The van der Waals surface area contributed by atoms with Crippen LogP contribution in [0, 0.1) is 11.8 Å². The zero-order valence-corrected chi connectivity index (χ0v) is 34.9. The number of carbonyl (C=O) groups is 4. The lowest BCUT2D eigenvalue weighted by Gasteiger charge is -2.33. The molecular formula is C42H61N7O8. The van der Waals surface area contributed by atoms with E-state index in [2.05, 4.69) is 21.4 Å². The van der Waals surface area contributed by atoms with Crippen molar-refractivity contribution in [3.63, 3.8) is 0 Å². The van der Waals surface area contributed by atoms with Crippen LogP contribution < -0.4 is 35.6 Å². The molecule has 0 heterocycles. The zero-order valence-electron chi connectivity index (χ0n) is 34.9. The van der Waals surface area contributed by atoms with Gasteiger partial charge in [-0.15, -0.1) is 0 Å². The lowest BCUT2D eigenvalue weighted by Crippen LogP contribution is -2.59. The molecule has 312 valence electrons. The Kier molecular flexibility index (Phi) is 17.9. The van der Waals surface area contributed by atoms with Crippen molar-refractivity contribution in [2.75, 3.05) is 49.0 Å². The van der Waals surface area contributed by atoms with Gasteiger partial charge in [0, 0.05) is 41.3 Å². The highest BCUT2D eigenvalue weighted by atomic mass is 16.5. The van der Waals surface area contributed by atoms with Gasteiger partial charge < -0.3 is 45.1 Å². The minimum absolute atomic E-state index is 0.107. The first-order valence-corrected chi connectivity index (χ1v) is 19.0. The van der Waals surface area contributed by atoms with E-state index in [0.717, 1.165) is 16.7 Å². The number of amides is 6. The van der Waals surface area contributed by atoms with Gasteiger partial charge in [-0.25, -0.2) is 14.6 Å². The molecule has 0 saturated heterocycles. The highest BCUT2D eigenvalue weighted by Gasteiger charge is 2.32. The largest absolute Gasteiger partial charge is 0.493 e. The number of ether oxygens (including phenoxy) is 3. The molecule has 0 radical (unpaired) electrons. The quantitative estimate of drug-likeness (QED) is 0.107. The molecule has 0 fully saturated rings. The van der Waals surface area contributed by atoms with Crippen LogP contribution in [0.1, 0.15) is 44.4 Å². The Balaban J connectivity index is 1.89. The summed E-state index contributed by atoms with van der Waals surface area (Å²) < 4.78 is 16.8. The van der Waals surface area contributed by atoms with Crippen LogP contribution in [-0.4, -0.2) is 117 Å². The van der Waals surface area contributed by atoms with Gasteiger partial charge in [0.15, 0.2) is 11.5 Å². The third-order valence-corrected chi connectivity index (χ3v) is 9.19. The SMILES string of the molecule is COc1ccc(COc2ccc(CN(C[C@H](O)[C@H](Cc3ccccc3)NC(=O)[C@@H](NC(=O)N(C)C)C(C)C)NC(=O)[C@@H](NC(=O)N(C)C)C(C)C)cc2)cc1OC. The number of aliphatic hydroxyl groups excluding tert-OH is 1. The molecule has 6 amide bonds. The van der Waals surface area contributed by atoms with Gasteiger partial charge in [-0.05, 0) is 59.2 Å². The van der Waals surface area contributed by atoms with Gasteiger partial charge in [-0.1, -0.05) is 76.2 Å². The Bertz CT molecular complexity index is 1740. The van der Waals surface area contributed by atoms with Crippen LogP contribution >= 0.6 is 0 Å². The first-order valence-electron chi connectivity index (χ1n) is 19.0. The van der Waals surface area contributed by atoms with Gasteiger partial charge in [-0.2, -0.15) is 0 Å². The molecule has 0 aliphatic heterocycles. The molecule has 3 aromatic carbocycles. The fraction of sp³-hybridized carbons (Fsp3) is 0.476. The lowest BCUT2D eigenvalue weighted by molar-refractivity contribution is -0.131. The van der Waals surface area contributed by atoms with Crippen molar-refractivity contribution < 1.29 is 38.5 Å². The Morgan fingerprint density at radius 2 is 1.21 bits per heavy atom. The van der Waals surface area contributed by atoms with E-state index in [0.29, 0.717) is 17.2 Å². The number of nitrogens with one attached hydrogen (secondary N) is 4. The van der Waals surface area contributed by atoms with Gasteiger partial charge in [-0.3, -0.25) is 15.0 Å². The number of rotatable bonds is 20. The van der Waals surface area contributed by atoms with E-state index in [-0.39, 0.29) is 38.0 Å². The van der Waals surface area contributed by atoms with Crippen LogP contribution in [0.4, 0.5) is 9.59 Å². The summed E-state index contributed by atoms with van der Waals surface area (Å²) in [6.07, 6.45) is -0.938. The molecule has 15 nitrogen and oxygen atoms in total. The van der Waals surface area contributed by atoms with Gasteiger partial charge in [0.05, 0.1) is 26.4 Å². The summed E-state index contributed by atoms with van der Waals surface area (Å²) in [5.74, 6) is 0.383. The van der Waals surface area contributed by atoms with Crippen LogP contribution in [0.2, 0.25) is 0 Å². The summed E-state index contributed by atoms with van der Waals surface area (Å²) in [5.41, 5.74) is 5.47. The molecule has 0 aliphatic carbocycles. The van der Waals surface area contributed by atoms with Crippen molar-refractivity contribution in [1.29, 1.82) is 0 Å². The van der Waals surface area contributed by atoms with Crippen molar-refractivity contribution in [3.05, 3.63) is 89.5 Å². The second kappa shape index (κ2) is 22.3. The van der Waals surface area contributed by atoms with Gasteiger partial charge in [0.2, 0.25) is 5.91 Å². The first kappa shape index (κ1) is 45.8. The van der Waals surface area contributed by atoms with Crippen molar-refractivity contribution in [3.8, 4) is 17.2 Å². The maximum absolute atomic E-state index is 13.8. The fourth-order valence-electron chi connectivity index (χ4n) is 5.79. The second-order valence-corrected chi connectivity index (χ2v) is 15.0. The normalized spacial score (nSPS) is 13.2. The van der Waals surface area contributed by atoms with Gasteiger partial charge >= 0.3 is 12.1 Å². The van der Waals surface area contributed by atoms with Crippen molar-refractivity contribution in [1.82, 2.24) is 36.2 Å². The number of carbonyl (C=O) groups excluding carboxylic acids is 4. The predicted molar refractivity (Wildman–Crippen MR) is 219 cm³/mol. The molecule has 4 atom stereocenters. The Morgan fingerprint density at radius 3 is 1.74 bits per heavy atom. The maximum Gasteiger partial charge on any atom is 0.317 e. The molecule has 0 spiro atoms. The van der Waals surface area contributed by atoms with E-state index in [1.165, 1.54) is 9.80 Å². The van der Waals surface area contributed by atoms with Crippen LogP contribution in [-0.2, 0) is 29.2 Å². The molecule has 0 bridgehead atoms. The summed E-state index contributed by atoms with van der Waals surface area (Å²) in [7, 11) is 9.51. The highest BCUT2D eigenvalue weighted by Crippen LogP contribution is 2.28. The Morgan fingerprint density at radius 1 is 0.667 bits per heavy atom. The number of hydrazine groups is 1. The molecular weight excluding hydrogens is 731 g/mol. The maximum atomic E-state index is 13.8. The summed E-state index contributed by atoms with van der Waals surface area (Å²) >= 11 is 0. The van der Waals surface area contributed by atoms with Crippen LogP contribution in [0.3, 0.4) is 0 Å². The summed E-state index contributed by atoms with van der Waals surface area (Å²) in [5, 5.41) is 22.0. The average Bonchev–Trinajstić information content (AvgIpc) is 3.17. The Labute approximate surface area is 337 Å². The Hall–Kier alpha value is -5.54. The monoisotopic (exact) mass is 791 g/mol. The van der Waals surface area contributed by atoms with E-state index >= 15 is 0 Å². The van der Waals surface area contributed by atoms with E-state index in [1.807, 2.05) is 100 Å². The summed E-state index contributed by atoms with van der Waals surface area (Å²) in [6, 6.07) is 18.9. The molecule has 5 N–H and O–H groups in total. The first-order chi connectivity index (χ1) is 27.0. The topological polar surface area (TPSA) is 174 Å². The molecule has 15 heteroatoms. The molecule has 0 aliphatic rings. The predicted octanol–water partition coefficient (Wildman–Crippen LogP) is 3.80. The number of nitrogens with zero attached hydrogens (tertiary/aromatic N) is 3. The van der Waals surface area contributed by atoms with Crippen molar-refractivity contribution >= 4 is 23.9 Å². The summed E-state index contributed by atoms with van der Waals surface area (Å²) in [6.45, 7) is 7.64. The minimum Gasteiger partial charge on any atom is -0.493 e. The molecule has 3 aromatic rings. The average molecular weight is 792 g/mol. The fourth-order valence-corrected chi connectivity index (χ4v) is 5.79. The standard InChI is InChI=1S/C42H61N7O8/c1-27(2)37(44-41(53)47(5)6)39(51)43-33(22-29-14-12-11-13-15-29)34(50)25-49(46-40(52)38(28(3)4)45-42(54)48(7)8)24-30-16-19-32(20-17-30)57-26-31-18-21-35(55-9)36(23-31)56-10/h11-21,23,27-28,33-34,37-38,50H,22,24-26H2,1-10H3,(H,43,51)(H,44,53)(H,45,54)(H,46,52)/t33-,34-,37-,38-/m0/s1. The van der Waals surface area contributed by atoms with Gasteiger partial charge in [0.1, 0.15) is 24.4 Å². The highest BCUT2D eigenvalue weighted by molar-refractivity contribution is 5.88. The minimum atomic E-state index is -1.20. The zero-order chi connectivity index (χ0) is 42.2. The van der Waals surface area contributed by atoms with E-state index in [4.69, 9.17) is 14.2 Å². The number of aliphatic hydroxyl groups is 1. The number of hydrogen-bond donors (Lipinski definition) is 5.